The Hall–Kier alpha value is -2.96. The van der Waals surface area contributed by atoms with Gasteiger partial charge in [-0.25, -0.2) is 0 Å². The molecule has 0 bridgehead atoms. The fourth-order valence-corrected chi connectivity index (χ4v) is 1.84. The van der Waals surface area contributed by atoms with E-state index in [0.717, 1.165) is 17.0 Å². The lowest BCUT2D eigenvalue weighted by molar-refractivity contribution is 0.414. The SMILES string of the molecule is COc1cccc(C(C)=NNc2ccc3nncn3n2)c1. The third-order valence-corrected chi connectivity index (χ3v) is 2.99. The summed E-state index contributed by atoms with van der Waals surface area (Å²) in [5, 5.41) is 16.3. The number of benzene rings is 1. The third-order valence-electron chi connectivity index (χ3n) is 2.99. The maximum atomic E-state index is 5.20. The first kappa shape index (κ1) is 13.0. The summed E-state index contributed by atoms with van der Waals surface area (Å²) >= 11 is 0. The van der Waals surface area contributed by atoms with Crippen molar-refractivity contribution in [3.05, 3.63) is 48.3 Å². The van der Waals surface area contributed by atoms with Crippen LogP contribution in [0.4, 0.5) is 5.82 Å². The van der Waals surface area contributed by atoms with Crippen molar-refractivity contribution in [2.45, 2.75) is 6.92 Å². The molecule has 0 spiro atoms. The molecule has 7 nitrogen and oxygen atoms in total. The lowest BCUT2D eigenvalue weighted by Crippen LogP contribution is -2.02. The van der Waals surface area contributed by atoms with Crippen LogP contribution in [0.3, 0.4) is 0 Å². The molecule has 0 saturated carbocycles. The van der Waals surface area contributed by atoms with Crippen molar-refractivity contribution in [3.63, 3.8) is 0 Å². The number of methoxy groups -OCH3 is 1. The van der Waals surface area contributed by atoms with Gasteiger partial charge in [0.25, 0.3) is 0 Å². The van der Waals surface area contributed by atoms with E-state index in [1.165, 1.54) is 0 Å². The Morgan fingerprint density at radius 1 is 1.29 bits per heavy atom. The summed E-state index contributed by atoms with van der Waals surface area (Å²) in [5.74, 6) is 1.41. The number of hydrogen-bond acceptors (Lipinski definition) is 6. The highest BCUT2D eigenvalue weighted by Gasteiger charge is 2.01. The van der Waals surface area contributed by atoms with Crippen molar-refractivity contribution >= 4 is 17.2 Å². The van der Waals surface area contributed by atoms with E-state index in [1.54, 1.807) is 24.0 Å². The van der Waals surface area contributed by atoms with Crippen molar-refractivity contribution in [1.82, 2.24) is 19.8 Å². The van der Waals surface area contributed by atoms with Gasteiger partial charge in [0, 0.05) is 5.56 Å². The van der Waals surface area contributed by atoms with Gasteiger partial charge >= 0.3 is 0 Å². The number of fused-ring (bicyclic) bond motifs is 1. The van der Waals surface area contributed by atoms with Crippen LogP contribution in [0.15, 0.2) is 47.8 Å². The molecule has 0 radical (unpaired) electrons. The monoisotopic (exact) mass is 282 g/mol. The average molecular weight is 282 g/mol. The Labute approximate surface area is 121 Å². The van der Waals surface area contributed by atoms with Crippen LogP contribution in [0.1, 0.15) is 12.5 Å². The summed E-state index contributed by atoms with van der Waals surface area (Å²) in [6.07, 6.45) is 1.54. The number of ether oxygens (including phenoxy) is 1. The molecule has 0 atom stereocenters. The van der Waals surface area contributed by atoms with E-state index >= 15 is 0 Å². The first-order chi connectivity index (χ1) is 10.3. The lowest BCUT2D eigenvalue weighted by atomic mass is 10.1. The molecular formula is C14H14N6O. The molecule has 3 aromatic rings. The van der Waals surface area contributed by atoms with E-state index in [2.05, 4.69) is 25.8 Å². The van der Waals surface area contributed by atoms with Crippen molar-refractivity contribution in [3.8, 4) is 5.75 Å². The van der Waals surface area contributed by atoms with Gasteiger partial charge in [0.1, 0.15) is 12.1 Å². The predicted molar refractivity (Wildman–Crippen MR) is 79.6 cm³/mol. The molecule has 0 aliphatic carbocycles. The number of nitrogens with one attached hydrogen (secondary N) is 1. The van der Waals surface area contributed by atoms with Gasteiger partial charge in [-0.3, -0.25) is 5.43 Å². The number of hydrazone groups is 1. The Morgan fingerprint density at radius 3 is 3.05 bits per heavy atom. The van der Waals surface area contributed by atoms with Gasteiger partial charge in [-0.2, -0.15) is 9.62 Å². The predicted octanol–water partition coefficient (Wildman–Crippen LogP) is 1.97. The number of rotatable bonds is 4. The number of hydrogen-bond donors (Lipinski definition) is 1. The number of aromatic nitrogens is 4. The average Bonchev–Trinajstić information content (AvgIpc) is 3.00. The maximum absolute atomic E-state index is 5.20. The molecule has 0 aliphatic rings. The second-order valence-corrected chi connectivity index (χ2v) is 4.39. The van der Waals surface area contributed by atoms with Crippen LogP contribution in [0.25, 0.3) is 5.65 Å². The Balaban J connectivity index is 1.80. The minimum Gasteiger partial charge on any atom is -0.497 e. The molecule has 0 amide bonds. The van der Waals surface area contributed by atoms with Crippen LogP contribution < -0.4 is 10.2 Å². The topological polar surface area (TPSA) is 76.7 Å². The van der Waals surface area contributed by atoms with E-state index in [-0.39, 0.29) is 0 Å². The van der Waals surface area contributed by atoms with Gasteiger partial charge in [-0.05, 0) is 31.2 Å². The molecule has 0 saturated heterocycles. The molecule has 21 heavy (non-hydrogen) atoms. The van der Waals surface area contributed by atoms with Crippen molar-refractivity contribution in [2.24, 2.45) is 5.10 Å². The Bertz CT molecular complexity index is 795. The highest BCUT2D eigenvalue weighted by Crippen LogP contribution is 2.13. The fraction of sp³-hybridized carbons (Fsp3) is 0.143. The molecule has 7 heteroatoms. The van der Waals surface area contributed by atoms with Crippen LogP contribution in [-0.2, 0) is 0 Å². The van der Waals surface area contributed by atoms with Gasteiger partial charge in [0.2, 0.25) is 0 Å². The minimum atomic E-state index is 0.615. The summed E-state index contributed by atoms with van der Waals surface area (Å²) in [4.78, 5) is 0. The summed E-state index contributed by atoms with van der Waals surface area (Å²) in [6.45, 7) is 1.92. The van der Waals surface area contributed by atoms with Gasteiger partial charge in [-0.15, -0.1) is 15.3 Å². The zero-order valence-electron chi connectivity index (χ0n) is 11.7. The van der Waals surface area contributed by atoms with Crippen LogP contribution >= 0.6 is 0 Å². The normalized spacial score (nSPS) is 11.6. The Morgan fingerprint density at radius 2 is 2.19 bits per heavy atom. The molecule has 3 rings (SSSR count). The minimum absolute atomic E-state index is 0.615. The second-order valence-electron chi connectivity index (χ2n) is 4.39. The third kappa shape index (κ3) is 2.81. The van der Waals surface area contributed by atoms with Crippen LogP contribution in [0.5, 0.6) is 5.75 Å². The fourth-order valence-electron chi connectivity index (χ4n) is 1.84. The molecule has 106 valence electrons. The zero-order valence-corrected chi connectivity index (χ0v) is 11.7. The van der Waals surface area contributed by atoms with E-state index in [0.29, 0.717) is 11.5 Å². The highest BCUT2D eigenvalue weighted by molar-refractivity contribution is 5.99. The summed E-state index contributed by atoms with van der Waals surface area (Å²) in [5.41, 5.74) is 5.42. The highest BCUT2D eigenvalue weighted by atomic mass is 16.5. The molecule has 0 unspecified atom stereocenters. The van der Waals surface area contributed by atoms with Gasteiger partial charge in [0.05, 0.1) is 12.8 Å². The molecule has 1 aromatic carbocycles. The summed E-state index contributed by atoms with van der Waals surface area (Å²) in [7, 11) is 1.64. The second kappa shape index (κ2) is 5.58. The number of anilines is 1. The van der Waals surface area contributed by atoms with Crippen LogP contribution in [-0.4, -0.2) is 32.6 Å². The summed E-state index contributed by atoms with van der Waals surface area (Å²) in [6, 6.07) is 11.3. The van der Waals surface area contributed by atoms with Crippen LogP contribution in [0.2, 0.25) is 0 Å². The van der Waals surface area contributed by atoms with Crippen molar-refractivity contribution in [1.29, 1.82) is 0 Å². The van der Waals surface area contributed by atoms with E-state index in [4.69, 9.17) is 4.74 Å². The quantitative estimate of drug-likeness (QED) is 0.585. The van der Waals surface area contributed by atoms with E-state index in [1.807, 2.05) is 37.3 Å². The van der Waals surface area contributed by atoms with Crippen LogP contribution in [0, 0.1) is 0 Å². The molecule has 2 heterocycles. The van der Waals surface area contributed by atoms with Crippen molar-refractivity contribution < 1.29 is 4.74 Å². The van der Waals surface area contributed by atoms with E-state index in [9.17, 15) is 0 Å². The molecule has 1 N–H and O–H groups in total. The largest absolute Gasteiger partial charge is 0.497 e. The number of nitrogens with zero attached hydrogens (tertiary/aromatic N) is 5. The first-order valence-corrected chi connectivity index (χ1v) is 6.38. The molecule has 0 fully saturated rings. The Kier molecular flexibility index (Phi) is 3.46. The molecule has 0 aliphatic heterocycles. The van der Waals surface area contributed by atoms with E-state index < -0.39 is 0 Å². The molecule has 2 aromatic heterocycles. The molecular weight excluding hydrogens is 268 g/mol. The van der Waals surface area contributed by atoms with Crippen molar-refractivity contribution in [2.75, 3.05) is 12.5 Å². The van der Waals surface area contributed by atoms with Gasteiger partial charge in [-0.1, -0.05) is 12.1 Å². The lowest BCUT2D eigenvalue weighted by Gasteiger charge is -2.05. The smallest absolute Gasteiger partial charge is 0.177 e. The first-order valence-electron chi connectivity index (χ1n) is 6.38. The standard InChI is InChI=1S/C14H14N6O/c1-10(11-4-3-5-12(8-11)21-2)16-17-13-6-7-14-18-15-9-20(14)19-13/h3-9H,1-2H3,(H,17,19). The maximum Gasteiger partial charge on any atom is 0.177 e. The van der Waals surface area contributed by atoms with Gasteiger partial charge < -0.3 is 4.74 Å². The zero-order chi connectivity index (χ0) is 14.7. The van der Waals surface area contributed by atoms with Gasteiger partial charge in [0.15, 0.2) is 11.5 Å². The summed E-state index contributed by atoms with van der Waals surface area (Å²) < 4.78 is 6.78.